The molecule has 1 aliphatic rings. The molecule has 1 amide bonds. The van der Waals surface area contributed by atoms with Crippen LogP contribution >= 0.6 is 12.4 Å². The fourth-order valence-electron chi connectivity index (χ4n) is 2.78. The molecule has 2 unspecified atom stereocenters. The maximum Gasteiger partial charge on any atom is 0.417 e. The molecule has 1 heterocycles. The number of carbonyl (C=O) groups excluding carboxylic acids is 1. The van der Waals surface area contributed by atoms with Crippen LogP contribution in [-0.2, 0) is 21.0 Å². The summed E-state index contributed by atoms with van der Waals surface area (Å²) in [4.78, 5) is 12.9. The minimum Gasteiger partial charge on any atom is -0.341 e. The molecule has 1 aromatic carbocycles. The van der Waals surface area contributed by atoms with Crippen LogP contribution in [0.1, 0.15) is 18.9 Å². The highest BCUT2D eigenvalue weighted by atomic mass is 35.5. The van der Waals surface area contributed by atoms with Crippen LogP contribution in [0.2, 0.25) is 0 Å². The molecule has 3 N–H and O–H groups in total. The van der Waals surface area contributed by atoms with E-state index in [4.69, 9.17) is 5.73 Å². The molecule has 6 nitrogen and oxygen atoms in total. The van der Waals surface area contributed by atoms with Crippen LogP contribution in [0, 0.1) is 5.92 Å². The number of nitrogens with one attached hydrogen (secondary N) is 1. The molecule has 0 aliphatic carbocycles. The normalized spacial score (nSPS) is 19.1. The Hall–Kier alpha value is -1.36. The maximum atomic E-state index is 13.0. The molecule has 148 valence electrons. The lowest BCUT2D eigenvalue weighted by molar-refractivity contribution is -0.139. The Balaban J connectivity index is 0.00000338. The van der Waals surface area contributed by atoms with Crippen LogP contribution in [0.5, 0.6) is 0 Å². The molecule has 11 heteroatoms. The van der Waals surface area contributed by atoms with Crippen molar-refractivity contribution in [3.8, 4) is 0 Å². The summed E-state index contributed by atoms with van der Waals surface area (Å²) < 4.78 is 65.8. The molecule has 1 fully saturated rings. The van der Waals surface area contributed by atoms with E-state index >= 15 is 0 Å². The van der Waals surface area contributed by atoms with Crippen molar-refractivity contribution in [1.29, 1.82) is 0 Å². The average Bonchev–Trinajstić information content (AvgIpc) is 3.02. The van der Waals surface area contributed by atoms with Gasteiger partial charge in [0.15, 0.2) is 0 Å². The van der Waals surface area contributed by atoms with Gasteiger partial charge in [-0.05, 0) is 37.9 Å². The van der Waals surface area contributed by atoms with Gasteiger partial charge in [0.1, 0.15) is 0 Å². The Labute approximate surface area is 156 Å². The summed E-state index contributed by atoms with van der Waals surface area (Å²) in [6, 6.07) is 2.68. The number of hydrogen-bond donors (Lipinski definition) is 2. The van der Waals surface area contributed by atoms with Crippen LogP contribution in [0.25, 0.3) is 0 Å². The lowest BCUT2D eigenvalue weighted by Gasteiger charge is -2.22. The van der Waals surface area contributed by atoms with E-state index in [-0.39, 0.29) is 18.3 Å². The van der Waals surface area contributed by atoms with Gasteiger partial charge >= 0.3 is 6.18 Å². The van der Waals surface area contributed by atoms with Crippen molar-refractivity contribution in [2.75, 3.05) is 19.6 Å². The molecule has 2 rings (SSSR count). The molecule has 2 atom stereocenters. The number of rotatable bonds is 5. The average molecular weight is 416 g/mol. The van der Waals surface area contributed by atoms with Gasteiger partial charge in [-0.1, -0.05) is 12.1 Å². The number of alkyl halides is 3. The SMILES string of the molecule is CC(NS(=O)(=O)c1ccccc1C(F)(F)F)C(=O)N1CCC(CN)C1.Cl. The smallest absolute Gasteiger partial charge is 0.341 e. The highest BCUT2D eigenvalue weighted by molar-refractivity contribution is 7.89. The van der Waals surface area contributed by atoms with E-state index < -0.39 is 38.6 Å². The lowest BCUT2D eigenvalue weighted by Crippen LogP contribution is -2.46. The van der Waals surface area contributed by atoms with E-state index in [0.29, 0.717) is 25.7 Å². The number of benzene rings is 1. The van der Waals surface area contributed by atoms with E-state index in [0.717, 1.165) is 18.6 Å². The summed E-state index contributed by atoms with van der Waals surface area (Å²) >= 11 is 0. The van der Waals surface area contributed by atoms with Gasteiger partial charge in [-0.2, -0.15) is 17.9 Å². The van der Waals surface area contributed by atoms with Crippen LogP contribution in [-0.4, -0.2) is 44.9 Å². The second kappa shape index (κ2) is 8.55. The Kier molecular flexibility index (Phi) is 7.46. The zero-order valence-electron chi connectivity index (χ0n) is 14.0. The molecular formula is C15H21ClF3N3O3S. The summed E-state index contributed by atoms with van der Waals surface area (Å²) in [5.41, 5.74) is 4.28. The quantitative estimate of drug-likeness (QED) is 0.764. The van der Waals surface area contributed by atoms with Gasteiger partial charge in [-0.25, -0.2) is 8.42 Å². The fourth-order valence-corrected chi connectivity index (χ4v) is 4.21. The van der Waals surface area contributed by atoms with Crippen molar-refractivity contribution < 1.29 is 26.4 Å². The Bertz CT molecular complexity index is 743. The topological polar surface area (TPSA) is 92.5 Å². The summed E-state index contributed by atoms with van der Waals surface area (Å²) in [5.74, 6) is -0.331. The van der Waals surface area contributed by atoms with Gasteiger partial charge in [-0.3, -0.25) is 4.79 Å². The summed E-state index contributed by atoms with van der Waals surface area (Å²) in [7, 11) is -4.51. The van der Waals surface area contributed by atoms with Crippen molar-refractivity contribution >= 4 is 28.3 Å². The van der Waals surface area contributed by atoms with E-state index in [1.54, 1.807) is 0 Å². The third-order valence-corrected chi connectivity index (χ3v) is 5.71. The van der Waals surface area contributed by atoms with Gasteiger partial charge in [0.2, 0.25) is 15.9 Å². The molecule has 1 aromatic rings. The highest BCUT2D eigenvalue weighted by Crippen LogP contribution is 2.34. The van der Waals surface area contributed by atoms with Gasteiger partial charge in [0.05, 0.1) is 16.5 Å². The summed E-state index contributed by atoms with van der Waals surface area (Å²) in [5, 5.41) is 0. The van der Waals surface area contributed by atoms with Gasteiger partial charge < -0.3 is 10.6 Å². The molecule has 0 bridgehead atoms. The highest BCUT2D eigenvalue weighted by Gasteiger charge is 2.38. The predicted octanol–water partition coefficient (Wildman–Crippen LogP) is 1.60. The molecule has 1 saturated heterocycles. The van der Waals surface area contributed by atoms with Crippen LogP contribution in [0.3, 0.4) is 0 Å². The minimum atomic E-state index is -4.82. The van der Waals surface area contributed by atoms with Crippen molar-refractivity contribution in [3.63, 3.8) is 0 Å². The number of carbonyl (C=O) groups is 1. The Morgan fingerprint density at radius 3 is 2.54 bits per heavy atom. The van der Waals surface area contributed by atoms with Crippen LogP contribution < -0.4 is 10.5 Å². The maximum absolute atomic E-state index is 13.0. The Morgan fingerprint density at radius 2 is 2.00 bits per heavy atom. The number of sulfonamides is 1. The lowest BCUT2D eigenvalue weighted by atomic mass is 10.1. The van der Waals surface area contributed by atoms with Crippen LogP contribution in [0.15, 0.2) is 29.2 Å². The molecule has 0 spiro atoms. The largest absolute Gasteiger partial charge is 0.417 e. The minimum absolute atomic E-state index is 0. The van der Waals surface area contributed by atoms with Gasteiger partial charge in [-0.15, -0.1) is 12.4 Å². The first-order chi connectivity index (χ1) is 11.6. The zero-order chi connectivity index (χ0) is 18.8. The molecule has 26 heavy (non-hydrogen) atoms. The number of halogens is 4. The summed E-state index contributed by atoms with van der Waals surface area (Å²) in [6.07, 6.45) is -4.10. The zero-order valence-corrected chi connectivity index (χ0v) is 15.6. The van der Waals surface area contributed by atoms with E-state index in [9.17, 15) is 26.4 Å². The predicted molar refractivity (Wildman–Crippen MR) is 92.2 cm³/mol. The van der Waals surface area contributed by atoms with Gasteiger partial charge in [0, 0.05) is 13.1 Å². The van der Waals surface area contributed by atoms with E-state index in [1.165, 1.54) is 17.9 Å². The number of nitrogens with two attached hydrogens (primary N) is 1. The third kappa shape index (κ3) is 5.09. The molecule has 1 aliphatic heterocycles. The van der Waals surface area contributed by atoms with Gasteiger partial charge in [0.25, 0.3) is 0 Å². The van der Waals surface area contributed by atoms with E-state index in [2.05, 4.69) is 0 Å². The van der Waals surface area contributed by atoms with Crippen molar-refractivity contribution in [2.24, 2.45) is 11.7 Å². The molecular weight excluding hydrogens is 395 g/mol. The number of hydrogen-bond acceptors (Lipinski definition) is 4. The molecule has 0 saturated carbocycles. The third-order valence-electron chi connectivity index (χ3n) is 4.12. The Morgan fingerprint density at radius 1 is 1.38 bits per heavy atom. The monoisotopic (exact) mass is 415 g/mol. The first-order valence-electron chi connectivity index (χ1n) is 7.73. The first kappa shape index (κ1) is 22.7. The molecule has 0 radical (unpaired) electrons. The fraction of sp³-hybridized carbons (Fsp3) is 0.533. The van der Waals surface area contributed by atoms with Crippen molar-refractivity contribution in [2.45, 2.75) is 30.5 Å². The number of amides is 1. The first-order valence-corrected chi connectivity index (χ1v) is 9.22. The standard InChI is InChI=1S/C15H20F3N3O3S.ClH/c1-10(14(22)21-7-6-11(8-19)9-21)20-25(23,24)13-5-3-2-4-12(13)15(16,17)18;/h2-5,10-11,20H,6-9,19H2,1H3;1H. The van der Waals surface area contributed by atoms with E-state index in [1.807, 2.05) is 4.72 Å². The second-order valence-corrected chi connectivity index (χ2v) is 7.69. The summed E-state index contributed by atoms with van der Waals surface area (Å²) in [6.45, 7) is 2.60. The number of nitrogens with zero attached hydrogens (tertiary/aromatic N) is 1. The second-order valence-electron chi connectivity index (χ2n) is 6.01. The van der Waals surface area contributed by atoms with Crippen molar-refractivity contribution in [3.05, 3.63) is 29.8 Å². The van der Waals surface area contributed by atoms with Crippen LogP contribution in [0.4, 0.5) is 13.2 Å². The molecule has 0 aromatic heterocycles. The van der Waals surface area contributed by atoms with Crippen molar-refractivity contribution in [1.82, 2.24) is 9.62 Å². The number of likely N-dealkylation sites (tertiary alicyclic amines) is 1.